The number of hydrogen-bond donors (Lipinski definition) is 1. The monoisotopic (exact) mass is 276 g/mol. The molecule has 0 amide bonds. The van der Waals surface area contributed by atoms with Crippen LogP contribution in [0, 0.1) is 0 Å². The Morgan fingerprint density at radius 2 is 2.11 bits per heavy atom. The topological polar surface area (TPSA) is 24.9 Å². The van der Waals surface area contributed by atoms with E-state index >= 15 is 0 Å². The molecule has 2 aromatic rings. The highest BCUT2D eigenvalue weighted by atomic mass is 35.5. The molecule has 0 atom stereocenters. The molecular formula is C16H21ClN2. The molecule has 0 bridgehead atoms. The van der Waals surface area contributed by atoms with Crippen LogP contribution in [0.15, 0.2) is 24.3 Å². The Morgan fingerprint density at radius 3 is 2.79 bits per heavy atom. The van der Waals surface area contributed by atoms with E-state index < -0.39 is 0 Å². The lowest BCUT2D eigenvalue weighted by molar-refractivity contribution is 0.676. The van der Waals surface area contributed by atoms with E-state index in [4.69, 9.17) is 16.6 Å². The number of halogens is 1. The van der Waals surface area contributed by atoms with Crippen molar-refractivity contribution in [3.8, 4) is 0 Å². The number of fused-ring (bicyclic) bond motifs is 1. The van der Waals surface area contributed by atoms with E-state index in [2.05, 4.69) is 38.2 Å². The third-order valence-corrected chi connectivity index (χ3v) is 3.53. The van der Waals surface area contributed by atoms with Gasteiger partial charge in [0.15, 0.2) is 0 Å². The van der Waals surface area contributed by atoms with Crippen molar-refractivity contribution >= 4 is 22.5 Å². The predicted molar refractivity (Wildman–Crippen MR) is 82.8 cm³/mol. The zero-order valence-electron chi connectivity index (χ0n) is 11.8. The molecule has 0 aliphatic rings. The molecule has 2 rings (SSSR count). The summed E-state index contributed by atoms with van der Waals surface area (Å²) < 4.78 is 0. The number of nitrogens with zero attached hydrogens (tertiary/aromatic N) is 1. The van der Waals surface area contributed by atoms with Crippen molar-refractivity contribution in [2.75, 3.05) is 6.54 Å². The molecule has 3 heteroatoms. The zero-order valence-corrected chi connectivity index (χ0v) is 12.6. The standard InChI is InChI=1S/C16H21ClN2/c1-4-8-18-10-12-9-15(11(2)3)19-16-13(12)6-5-7-14(16)17/h5-7,9,11,18H,4,8,10H2,1-3H3. The van der Waals surface area contributed by atoms with Gasteiger partial charge in [0.25, 0.3) is 0 Å². The van der Waals surface area contributed by atoms with Crippen LogP contribution in [-0.2, 0) is 6.54 Å². The molecule has 0 saturated heterocycles. The van der Waals surface area contributed by atoms with Crippen LogP contribution in [0.1, 0.15) is 44.4 Å². The van der Waals surface area contributed by atoms with Gasteiger partial charge in [-0.1, -0.05) is 44.5 Å². The Hall–Kier alpha value is -1.12. The van der Waals surface area contributed by atoms with Crippen molar-refractivity contribution in [1.82, 2.24) is 10.3 Å². The van der Waals surface area contributed by atoms with Gasteiger partial charge in [0.2, 0.25) is 0 Å². The number of benzene rings is 1. The Labute approximate surface area is 120 Å². The molecule has 0 saturated carbocycles. The predicted octanol–water partition coefficient (Wildman–Crippen LogP) is 4.51. The van der Waals surface area contributed by atoms with Gasteiger partial charge in [0.1, 0.15) is 0 Å². The number of pyridine rings is 1. The number of aromatic nitrogens is 1. The molecule has 102 valence electrons. The molecule has 2 nitrogen and oxygen atoms in total. The fourth-order valence-corrected chi connectivity index (χ4v) is 2.36. The van der Waals surface area contributed by atoms with Gasteiger partial charge in [-0.15, -0.1) is 0 Å². The molecule has 0 fully saturated rings. The zero-order chi connectivity index (χ0) is 13.8. The maximum atomic E-state index is 6.28. The van der Waals surface area contributed by atoms with Crippen LogP contribution in [0.2, 0.25) is 5.02 Å². The second-order valence-electron chi connectivity index (χ2n) is 5.17. The normalized spacial score (nSPS) is 11.4. The van der Waals surface area contributed by atoms with Crippen LogP contribution in [0.5, 0.6) is 0 Å². The smallest absolute Gasteiger partial charge is 0.0894 e. The third-order valence-electron chi connectivity index (χ3n) is 3.23. The van der Waals surface area contributed by atoms with Crippen LogP contribution in [0.25, 0.3) is 10.9 Å². The van der Waals surface area contributed by atoms with Crippen LogP contribution < -0.4 is 5.32 Å². The molecule has 0 radical (unpaired) electrons. The first kappa shape index (κ1) is 14.3. The van der Waals surface area contributed by atoms with Gasteiger partial charge < -0.3 is 5.32 Å². The molecule has 1 N–H and O–H groups in total. The van der Waals surface area contributed by atoms with E-state index in [1.807, 2.05) is 12.1 Å². The largest absolute Gasteiger partial charge is 0.313 e. The molecule has 1 aromatic heterocycles. The highest BCUT2D eigenvalue weighted by molar-refractivity contribution is 6.35. The Morgan fingerprint density at radius 1 is 1.32 bits per heavy atom. The van der Waals surface area contributed by atoms with E-state index in [0.29, 0.717) is 5.92 Å². The van der Waals surface area contributed by atoms with Crippen LogP contribution in [-0.4, -0.2) is 11.5 Å². The third kappa shape index (κ3) is 3.26. The molecule has 0 unspecified atom stereocenters. The molecule has 1 aromatic carbocycles. The average molecular weight is 277 g/mol. The maximum Gasteiger partial charge on any atom is 0.0894 e. The summed E-state index contributed by atoms with van der Waals surface area (Å²) in [5.74, 6) is 0.408. The SMILES string of the molecule is CCCNCc1cc(C(C)C)nc2c(Cl)cccc12. The minimum Gasteiger partial charge on any atom is -0.313 e. The van der Waals surface area contributed by atoms with Gasteiger partial charge in [0, 0.05) is 17.6 Å². The Balaban J connectivity index is 2.49. The minimum atomic E-state index is 0.408. The number of rotatable bonds is 5. The summed E-state index contributed by atoms with van der Waals surface area (Å²) in [5, 5.41) is 5.34. The highest BCUT2D eigenvalue weighted by Crippen LogP contribution is 2.27. The Kier molecular flexibility index (Phi) is 4.78. The summed E-state index contributed by atoms with van der Waals surface area (Å²) in [6.07, 6.45) is 1.14. The lowest BCUT2D eigenvalue weighted by Gasteiger charge is -2.13. The van der Waals surface area contributed by atoms with Crippen LogP contribution in [0.4, 0.5) is 0 Å². The van der Waals surface area contributed by atoms with E-state index in [9.17, 15) is 0 Å². The minimum absolute atomic E-state index is 0.408. The van der Waals surface area contributed by atoms with Crippen molar-refractivity contribution in [3.05, 3.63) is 40.5 Å². The van der Waals surface area contributed by atoms with E-state index in [1.165, 1.54) is 5.56 Å². The summed E-state index contributed by atoms with van der Waals surface area (Å²) in [4.78, 5) is 4.70. The van der Waals surface area contributed by atoms with Gasteiger partial charge in [0.05, 0.1) is 10.5 Å². The van der Waals surface area contributed by atoms with Gasteiger partial charge in [-0.3, -0.25) is 4.98 Å². The molecule has 1 heterocycles. The average Bonchev–Trinajstić information content (AvgIpc) is 2.39. The second kappa shape index (κ2) is 6.36. The van der Waals surface area contributed by atoms with Gasteiger partial charge >= 0.3 is 0 Å². The first-order valence-corrected chi connectivity index (χ1v) is 7.30. The molecule has 0 aliphatic heterocycles. The van der Waals surface area contributed by atoms with Crippen molar-refractivity contribution < 1.29 is 0 Å². The molecule has 0 spiro atoms. The van der Waals surface area contributed by atoms with E-state index in [0.717, 1.165) is 41.1 Å². The lowest BCUT2D eigenvalue weighted by atomic mass is 10.0. The highest BCUT2D eigenvalue weighted by Gasteiger charge is 2.10. The molecule has 19 heavy (non-hydrogen) atoms. The summed E-state index contributed by atoms with van der Waals surface area (Å²) in [6, 6.07) is 8.20. The summed E-state index contributed by atoms with van der Waals surface area (Å²) in [5.41, 5.74) is 3.31. The maximum absolute atomic E-state index is 6.28. The van der Waals surface area contributed by atoms with Crippen molar-refractivity contribution in [2.45, 2.75) is 39.7 Å². The number of nitrogens with one attached hydrogen (secondary N) is 1. The van der Waals surface area contributed by atoms with Crippen molar-refractivity contribution in [1.29, 1.82) is 0 Å². The quantitative estimate of drug-likeness (QED) is 0.813. The van der Waals surface area contributed by atoms with Gasteiger partial charge in [-0.25, -0.2) is 0 Å². The number of para-hydroxylation sites is 1. The van der Waals surface area contributed by atoms with Crippen LogP contribution in [0.3, 0.4) is 0 Å². The second-order valence-corrected chi connectivity index (χ2v) is 5.58. The summed E-state index contributed by atoms with van der Waals surface area (Å²) in [6.45, 7) is 8.39. The van der Waals surface area contributed by atoms with Crippen molar-refractivity contribution in [3.63, 3.8) is 0 Å². The van der Waals surface area contributed by atoms with E-state index in [1.54, 1.807) is 0 Å². The Bertz CT molecular complexity index is 564. The van der Waals surface area contributed by atoms with Crippen molar-refractivity contribution in [2.24, 2.45) is 0 Å². The fourth-order valence-electron chi connectivity index (χ4n) is 2.15. The molecular weight excluding hydrogens is 256 g/mol. The van der Waals surface area contributed by atoms with Gasteiger partial charge in [-0.05, 0) is 36.6 Å². The first-order valence-electron chi connectivity index (χ1n) is 6.92. The van der Waals surface area contributed by atoms with Crippen LogP contribution >= 0.6 is 11.6 Å². The van der Waals surface area contributed by atoms with E-state index in [-0.39, 0.29) is 0 Å². The molecule has 0 aliphatic carbocycles. The summed E-state index contributed by atoms with van der Waals surface area (Å²) >= 11 is 6.28. The van der Waals surface area contributed by atoms with Gasteiger partial charge in [-0.2, -0.15) is 0 Å². The first-order chi connectivity index (χ1) is 9.13. The lowest BCUT2D eigenvalue weighted by Crippen LogP contribution is -2.14. The fraction of sp³-hybridized carbons (Fsp3) is 0.438. The summed E-state index contributed by atoms with van der Waals surface area (Å²) in [7, 11) is 0. The number of hydrogen-bond acceptors (Lipinski definition) is 2.